The number of carboxylic acids is 1. The summed E-state index contributed by atoms with van der Waals surface area (Å²) in [7, 11) is 1.22. The van der Waals surface area contributed by atoms with E-state index in [9.17, 15) is 9.59 Å². The summed E-state index contributed by atoms with van der Waals surface area (Å²) in [6.07, 6.45) is 1.10. The molecule has 0 saturated carbocycles. The number of carboxylic acid groups (broad SMARTS) is 1. The van der Waals surface area contributed by atoms with Gasteiger partial charge in [-0.15, -0.1) is 0 Å². The Morgan fingerprint density at radius 1 is 1.64 bits per heavy atom. The number of aliphatic carboxylic acids is 1. The van der Waals surface area contributed by atoms with E-state index in [2.05, 4.69) is 9.72 Å². The van der Waals surface area contributed by atoms with E-state index in [1.165, 1.54) is 7.11 Å². The summed E-state index contributed by atoms with van der Waals surface area (Å²) in [5, 5.41) is 8.42. The van der Waals surface area contributed by atoms with Gasteiger partial charge in [0.05, 0.1) is 13.5 Å². The first-order valence-electron chi connectivity index (χ1n) is 3.87. The van der Waals surface area contributed by atoms with Crippen LogP contribution in [0.3, 0.4) is 0 Å². The van der Waals surface area contributed by atoms with Crippen LogP contribution < -0.4 is 0 Å². The molecule has 0 spiro atoms. The smallest absolute Gasteiger partial charge is 0.360 e. The van der Waals surface area contributed by atoms with Crippen LogP contribution in [0.1, 0.15) is 22.7 Å². The Balaban J connectivity index is 2.72. The molecule has 0 aromatic carbocycles. The monoisotopic (exact) mass is 199 g/mol. The molecule has 0 saturated heterocycles. The predicted octanol–water partition coefficient (Wildman–Crippen LogP) is 0.478. The van der Waals surface area contributed by atoms with Gasteiger partial charge in [-0.25, -0.2) is 9.78 Å². The highest BCUT2D eigenvalue weighted by Crippen LogP contribution is 2.10. The molecule has 1 aromatic rings. The lowest BCUT2D eigenvalue weighted by Crippen LogP contribution is -2.06. The molecule has 1 N–H and O–H groups in total. The molecule has 14 heavy (non-hydrogen) atoms. The van der Waals surface area contributed by atoms with Crippen LogP contribution in [0.2, 0.25) is 0 Å². The standard InChI is InChI=1S/C8H9NO5/c1-13-8(12)7-5(14-4-9-7)2-3-6(10)11/h4H,2-3H2,1H3,(H,10,11). The molecular formula is C8H9NO5. The van der Waals surface area contributed by atoms with E-state index in [1.54, 1.807) is 0 Å². The van der Waals surface area contributed by atoms with Gasteiger partial charge in [0.1, 0.15) is 5.76 Å². The quantitative estimate of drug-likeness (QED) is 0.709. The number of hydrogen-bond donors (Lipinski definition) is 1. The minimum Gasteiger partial charge on any atom is -0.481 e. The second-order valence-electron chi connectivity index (χ2n) is 2.51. The Labute approximate surface area is 79.5 Å². The van der Waals surface area contributed by atoms with Gasteiger partial charge in [-0.1, -0.05) is 0 Å². The molecule has 0 amide bonds. The van der Waals surface area contributed by atoms with Crippen molar-refractivity contribution in [2.75, 3.05) is 7.11 Å². The maximum absolute atomic E-state index is 11.0. The number of nitrogens with zero attached hydrogens (tertiary/aromatic N) is 1. The Hall–Kier alpha value is -1.85. The van der Waals surface area contributed by atoms with E-state index >= 15 is 0 Å². The second kappa shape index (κ2) is 4.40. The van der Waals surface area contributed by atoms with Gasteiger partial charge in [0.25, 0.3) is 0 Å². The number of methoxy groups -OCH3 is 1. The molecule has 0 radical (unpaired) electrons. The summed E-state index contributed by atoms with van der Waals surface area (Å²) >= 11 is 0. The third kappa shape index (κ3) is 2.32. The molecule has 0 aliphatic rings. The first kappa shape index (κ1) is 10.2. The third-order valence-corrected chi connectivity index (χ3v) is 1.59. The molecule has 0 aliphatic heterocycles. The van der Waals surface area contributed by atoms with Crippen LogP contribution in [0.5, 0.6) is 0 Å². The number of esters is 1. The summed E-state index contributed by atoms with van der Waals surface area (Å²) in [5.41, 5.74) is 0.0359. The summed E-state index contributed by atoms with van der Waals surface area (Å²) in [4.78, 5) is 24.9. The van der Waals surface area contributed by atoms with Gasteiger partial charge in [-0.05, 0) is 0 Å². The largest absolute Gasteiger partial charge is 0.481 e. The van der Waals surface area contributed by atoms with Crippen LogP contribution in [-0.2, 0) is 16.0 Å². The highest BCUT2D eigenvalue weighted by molar-refractivity contribution is 5.88. The highest BCUT2D eigenvalue weighted by atomic mass is 16.5. The number of aromatic nitrogens is 1. The average molecular weight is 199 g/mol. The van der Waals surface area contributed by atoms with E-state index in [-0.39, 0.29) is 24.3 Å². The average Bonchev–Trinajstić information content (AvgIpc) is 2.61. The van der Waals surface area contributed by atoms with E-state index in [0.717, 1.165) is 6.39 Å². The number of rotatable bonds is 4. The molecule has 0 bridgehead atoms. The fraction of sp³-hybridized carbons (Fsp3) is 0.375. The molecule has 1 rings (SSSR count). The van der Waals surface area contributed by atoms with Gasteiger partial charge < -0.3 is 14.3 Å². The van der Waals surface area contributed by atoms with Crippen LogP contribution in [0.25, 0.3) is 0 Å². The molecule has 1 aromatic heterocycles. The van der Waals surface area contributed by atoms with Gasteiger partial charge in [0, 0.05) is 6.42 Å². The zero-order valence-electron chi connectivity index (χ0n) is 7.52. The summed E-state index contributed by atoms with van der Waals surface area (Å²) < 4.78 is 9.30. The van der Waals surface area contributed by atoms with Crippen molar-refractivity contribution in [2.24, 2.45) is 0 Å². The van der Waals surface area contributed by atoms with E-state index in [4.69, 9.17) is 9.52 Å². The summed E-state index contributed by atoms with van der Waals surface area (Å²) in [6.45, 7) is 0. The Morgan fingerprint density at radius 2 is 2.36 bits per heavy atom. The maximum Gasteiger partial charge on any atom is 0.360 e. The molecule has 0 atom stereocenters. The molecule has 6 heteroatoms. The van der Waals surface area contributed by atoms with Gasteiger partial charge in [-0.2, -0.15) is 0 Å². The van der Waals surface area contributed by atoms with Crippen molar-refractivity contribution >= 4 is 11.9 Å². The minimum absolute atomic E-state index is 0.0359. The summed E-state index contributed by atoms with van der Waals surface area (Å²) in [6, 6.07) is 0. The lowest BCUT2D eigenvalue weighted by molar-refractivity contribution is -0.137. The van der Waals surface area contributed by atoms with Crippen molar-refractivity contribution in [3.8, 4) is 0 Å². The molecular weight excluding hydrogens is 190 g/mol. The molecule has 0 aliphatic carbocycles. The van der Waals surface area contributed by atoms with Crippen molar-refractivity contribution in [3.63, 3.8) is 0 Å². The molecule has 0 unspecified atom stereocenters. The number of ether oxygens (including phenoxy) is 1. The normalized spacial score (nSPS) is 9.79. The van der Waals surface area contributed by atoms with E-state index < -0.39 is 11.9 Å². The first-order chi connectivity index (χ1) is 6.65. The third-order valence-electron chi connectivity index (χ3n) is 1.59. The Bertz CT molecular complexity index is 343. The van der Waals surface area contributed by atoms with Crippen LogP contribution in [0.15, 0.2) is 10.8 Å². The van der Waals surface area contributed by atoms with Crippen LogP contribution in [0, 0.1) is 0 Å². The van der Waals surface area contributed by atoms with Crippen LogP contribution in [0.4, 0.5) is 0 Å². The van der Waals surface area contributed by atoms with Gasteiger partial charge in [0.2, 0.25) is 0 Å². The van der Waals surface area contributed by atoms with Crippen molar-refractivity contribution in [1.29, 1.82) is 0 Å². The lowest BCUT2D eigenvalue weighted by atomic mass is 10.2. The molecule has 6 nitrogen and oxygen atoms in total. The van der Waals surface area contributed by atoms with Crippen molar-refractivity contribution in [1.82, 2.24) is 4.98 Å². The van der Waals surface area contributed by atoms with E-state index in [0.29, 0.717) is 0 Å². The van der Waals surface area contributed by atoms with Crippen LogP contribution in [-0.4, -0.2) is 29.1 Å². The number of oxazole rings is 1. The van der Waals surface area contributed by atoms with Gasteiger partial charge in [0.15, 0.2) is 12.1 Å². The second-order valence-corrected chi connectivity index (χ2v) is 2.51. The van der Waals surface area contributed by atoms with Gasteiger partial charge >= 0.3 is 11.9 Å². The van der Waals surface area contributed by atoms with Crippen molar-refractivity contribution in [2.45, 2.75) is 12.8 Å². The molecule has 76 valence electrons. The van der Waals surface area contributed by atoms with E-state index in [1.807, 2.05) is 0 Å². The number of hydrogen-bond acceptors (Lipinski definition) is 5. The van der Waals surface area contributed by atoms with Gasteiger partial charge in [-0.3, -0.25) is 4.79 Å². The molecule has 0 fully saturated rings. The van der Waals surface area contributed by atoms with Crippen molar-refractivity contribution in [3.05, 3.63) is 17.8 Å². The van der Waals surface area contributed by atoms with Crippen LogP contribution >= 0.6 is 0 Å². The zero-order chi connectivity index (χ0) is 10.6. The SMILES string of the molecule is COC(=O)c1ncoc1CCC(=O)O. The number of aryl methyl sites for hydroxylation is 1. The highest BCUT2D eigenvalue weighted by Gasteiger charge is 2.17. The first-order valence-corrected chi connectivity index (χ1v) is 3.87. The Morgan fingerprint density at radius 3 is 2.93 bits per heavy atom. The summed E-state index contributed by atoms with van der Waals surface area (Å²) in [5.74, 6) is -1.35. The topological polar surface area (TPSA) is 89.6 Å². The molecule has 1 heterocycles. The fourth-order valence-corrected chi connectivity index (χ4v) is 0.931. The maximum atomic E-state index is 11.0. The zero-order valence-corrected chi connectivity index (χ0v) is 7.52. The fourth-order valence-electron chi connectivity index (χ4n) is 0.931. The lowest BCUT2D eigenvalue weighted by Gasteiger charge is -1.96. The predicted molar refractivity (Wildman–Crippen MR) is 43.8 cm³/mol. The number of carbonyl (C=O) groups is 2. The number of carbonyl (C=O) groups excluding carboxylic acids is 1. The van der Waals surface area contributed by atoms with Crippen molar-refractivity contribution < 1.29 is 23.8 Å². The Kier molecular flexibility index (Phi) is 3.22. The minimum atomic E-state index is -0.961.